The molecule has 0 spiro atoms. The summed E-state index contributed by atoms with van der Waals surface area (Å²) in [5.74, 6) is 0. The van der Waals surface area contributed by atoms with Gasteiger partial charge in [0.2, 0.25) is 0 Å². The minimum Gasteiger partial charge on any atom is -0.346 e. The quantitative estimate of drug-likeness (QED) is 0.501. The standard InChI is InChI=1S/C6H10N2S/c1-3-5-4-8(2)6(9)7-5/h3H,4H2,1-2H3,(H,7,9)/b5-3-. The lowest BCUT2D eigenvalue weighted by Gasteiger charge is -2.04. The zero-order valence-electron chi connectivity index (χ0n) is 5.64. The fraction of sp³-hybridized carbons (Fsp3) is 0.500. The van der Waals surface area contributed by atoms with Gasteiger partial charge in [-0.15, -0.1) is 0 Å². The molecule has 0 radical (unpaired) electrons. The average molecular weight is 142 g/mol. The van der Waals surface area contributed by atoms with Crippen LogP contribution in [-0.4, -0.2) is 23.6 Å². The summed E-state index contributed by atoms with van der Waals surface area (Å²) in [6.45, 7) is 2.93. The fourth-order valence-electron chi connectivity index (χ4n) is 0.763. The molecular formula is C6H10N2S. The first-order valence-electron chi connectivity index (χ1n) is 2.91. The van der Waals surface area contributed by atoms with Gasteiger partial charge in [0.05, 0.1) is 6.54 Å². The molecule has 0 atom stereocenters. The molecule has 0 unspecified atom stereocenters. The van der Waals surface area contributed by atoms with Gasteiger partial charge in [-0.25, -0.2) is 0 Å². The lowest BCUT2D eigenvalue weighted by Crippen LogP contribution is -2.22. The predicted octanol–water partition coefficient (Wildman–Crippen LogP) is 0.710. The summed E-state index contributed by atoms with van der Waals surface area (Å²) in [6, 6.07) is 0. The van der Waals surface area contributed by atoms with Crippen molar-refractivity contribution in [1.82, 2.24) is 10.2 Å². The first-order chi connectivity index (χ1) is 4.24. The van der Waals surface area contributed by atoms with Gasteiger partial charge in [0.25, 0.3) is 0 Å². The molecule has 1 fully saturated rings. The third kappa shape index (κ3) is 1.21. The van der Waals surface area contributed by atoms with Crippen molar-refractivity contribution in [3.05, 3.63) is 11.8 Å². The Morgan fingerprint density at radius 1 is 1.78 bits per heavy atom. The topological polar surface area (TPSA) is 15.3 Å². The van der Waals surface area contributed by atoms with Gasteiger partial charge >= 0.3 is 0 Å². The highest BCUT2D eigenvalue weighted by Gasteiger charge is 2.14. The molecule has 1 rings (SSSR count). The Bertz CT molecular complexity index is 162. The van der Waals surface area contributed by atoms with Crippen molar-refractivity contribution in [2.24, 2.45) is 0 Å². The summed E-state index contributed by atoms with van der Waals surface area (Å²) in [5, 5.41) is 3.89. The Balaban J connectivity index is 2.65. The molecule has 0 saturated carbocycles. The number of hydrogen-bond acceptors (Lipinski definition) is 1. The van der Waals surface area contributed by atoms with Crippen molar-refractivity contribution in [2.75, 3.05) is 13.6 Å². The molecule has 1 N–H and O–H groups in total. The maximum Gasteiger partial charge on any atom is 0.173 e. The molecule has 1 aliphatic heterocycles. The normalized spacial score (nSPS) is 23.1. The third-order valence-corrected chi connectivity index (χ3v) is 1.78. The summed E-state index contributed by atoms with van der Waals surface area (Å²) < 4.78 is 0. The second kappa shape index (κ2) is 2.35. The van der Waals surface area contributed by atoms with Crippen molar-refractivity contribution in [1.29, 1.82) is 0 Å². The van der Waals surface area contributed by atoms with Crippen LogP contribution in [0.25, 0.3) is 0 Å². The zero-order valence-corrected chi connectivity index (χ0v) is 6.46. The highest BCUT2D eigenvalue weighted by atomic mass is 32.1. The Hall–Kier alpha value is -0.570. The third-order valence-electron chi connectivity index (χ3n) is 1.37. The second-order valence-electron chi connectivity index (χ2n) is 2.10. The van der Waals surface area contributed by atoms with Gasteiger partial charge < -0.3 is 10.2 Å². The highest BCUT2D eigenvalue weighted by molar-refractivity contribution is 7.80. The van der Waals surface area contributed by atoms with Crippen LogP contribution in [-0.2, 0) is 0 Å². The van der Waals surface area contributed by atoms with E-state index in [1.54, 1.807) is 0 Å². The van der Waals surface area contributed by atoms with Crippen LogP contribution in [0.5, 0.6) is 0 Å². The second-order valence-corrected chi connectivity index (χ2v) is 2.49. The minimum absolute atomic E-state index is 0.822. The van der Waals surface area contributed by atoms with Gasteiger partial charge in [-0.2, -0.15) is 0 Å². The lowest BCUT2D eigenvalue weighted by molar-refractivity contribution is 0.590. The van der Waals surface area contributed by atoms with E-state index in [1.807, 2.05) is 24.9 Å². The van der Waals surface area contributed by atoms with Crippen molar-refractivity contribution >= 4 is 17.3 Å². The van der Waals surface area contributed by atoms with Gasteiger partial charge in [-0.1, -0.05) is 6.08 Å². The molecule has 0 aromatic carbocycles. The minimum atomic E-state index is 0.822. The van der Waals surface area contributed by atoms with Crippen molar-refractivity contribution in [2.45, 2.75) is 6.92 Å². The number of nitrogens with one attached hydrogen (secondary N) is 1. The van der Waals surface area contributed by atoms with Crippen LogP contribution in [0.3, 0.4) is 0 Å². The highest BCUT2D eigenvalue weighted by Crippen LogP contribution is 2.02. The van der Waals surface area contributed by atoms with E-state index in [2.05, 4.69) is 5.32 Å². The molecule has 0 amide bonds. The Morgan fingerprint density at radius 3 is 2.67 bits per heavy atom. The van der Waals surface area contributed by atoms with E-state index in [-0.39, 0.29) is 0 Å². The molecule has 1 saturated heterocycles. The maximum atomic E-state index is 4.96. The first kappa shape index (κ1) is 6.55. The molecule has 3 heteroatoms. The number of likely N-dealkylation sites (N-methyl/N-ethyl adjacent to an activating group) is 1. The van der Waals surface area contributed by atoms with Crippen molar-refractivity contribution in [3.63, 3.8) is 0 Å². The molecule has 9 heavy (non-hydrogen) atoms. The largest absolute Gasteiger partial charge is 0.346 e. The molecule has 0 aromatic heterocycles. The van der Waals surface area contributed by atoms with E-state index >= 15 is 0 Å². The van der Waals surface area contributed by atoms with Crippen LogP contribution in [0, 0.1) is 0 Å². The van der Waals surface area contributed by atoms with Gasteiger partial charge in [-0.3, -0.25) is 0 Å². The Labute approximate surface area is 60.5 Å². The van der Waals surface area contributed by atoms with Crippen LogP contribution >= 0.6 is 12.2 Å². The van der Waals surface area contributed by atoms with Gasteiger partial charge in [0.15, 0.2) is 5.11 Å². The lowest BCUT2D eigenvalue weighted by atomic mass is 10.4. The van der Waals surface area contributed by atoms with Crippen molar-refractivity contribution < 1.29 is 0 Å². The summed E-state index contributed by atoms with van der Waals surface area (Å²) in [4.78, 5) is 2.00. The van der Waals surface area contributed by atoms with E-state index in [0.717, 1.165) is 11.7 Å². The maximum absolute atomic E-state index is 4.96. The van der Waals surface area contributed by atoms with Crippen LogP contribution in [0.4, 0.5) is 0 Å². The van der Waals surface area contributed by atoms with Gasteiger partial charge in [-0.05, 0) is 19.1 Å². The first-order valence-corrected chi connectivity index (χ1v) is 3.32. The number of hydrogen-bond donors (Lipinski definition) is 1. The number of rotatable bonds is 0. The van der Waals surface area contributed by atoms with E-state index in [0.29, 0.717) is 0 Å². The molecule has 50 valence electrons. The van der Waals surface area contributed by atoms with Crippen LogP contribution in [0.15, 0.2) is 11.8 Å². The summed E-state index contributed by atoms with van der Waals surface area (Å²) in [6.07, 6.45) is 2.04. The van der Waals surface area contributed by atoms with E-state index in [9.17, 15) is 0 Å². The Kier molecular flexibility index (Phi) is 1.71. The van der Waals surface area contributed by atoms with Gasteiger partial charge in [0.1, 0.15) is 0 Å². The Morgan fingerprint density at radius 2 is 2.44 bits per heavy atom. The molecule has 0 bridgehead atoms. The smallest absolute Gasteiger partial charge is 0.173 e. The SMILES string of the molecule is C/C=C1/CN(C)C(=S)N1. The van der Waals surface area contributed by atoms with Crippen molar-refractivity contribution in [3.8, 4) is 0 Å². The molecule has 1 aliphatic rings. The fourth-order valence-corrected chi connectivity index (χ4v) is 0.959. The molecule has 0 aliphatic carbocycles. The van der Waals surface area contributed by atoms with Crippen LogP contribution in [0.1, 0.15) is 6.92 Å². The number of nitrogens with zero attached hydrogens (tertiary/aromatic N) is 1. The molecule has 1 heterocycles. The number of allylic oxidation sites excluding steroid dienone is 1. The summed E-state index contributed by atoms with van der Waals surface area (Å²) in [5.41, 5.74) is 1.20. The summed E-state index contributed by atoms with van der Waals surface area (Å²) in [7, 11) is 1.98. The van der Waals surface area contributed by atoms with Gasteiger partial charge in [0, 0.05) is 12.7 Å². The molecule has 0 aromatic rings. The van der Waals surface area contributed by atoms with Crippen LogP contribution in [0.2, 0.25) is 0 Å². The average Bonchev–Trinajstić information content (AvgIpc) is 2.13. The number of thiocarbonyl (C=S) groups is 1. The zero-order chi connectivity index (χ0) is 6.85. The molecule has 2 nitrogen and oxygen atoms in total. The predicted molar refractivity (Wildman–Crippen MR) is 42.1 cm³/mol. The summed E-state index contributed by atoms with van der Waals surface area (Å²) >= 11 is 4.96. The molecular weight excluding hydrogens is 132 g/mol. The van der Waals surface area contributed by atoms with Crippen LogP contribution < -0.4 is 5.32 Å². The monoisotopic (exact) mass is 142 g/mol. The van der Waals surface area contributed by atoms with E-state index < -0.39 is 0 Å². The van der Waals surface area contributed by atoms with E-state index in [4.69, 9.17) is 12.2 Å². The van der Waals surface area contributed by atoms with E-state index in [1.165, 1.54) is 5.70 Å².